The third-order valence-corrected chi connectivity index (χ3v) is 5.33. The third kappa shape index (κ3) is 4.26. The fourth-order valence-electron chi connectivity index (χ4n) is 2.98. The van der Waals surface area contributed by atoms with Crippen LogP contribution in [0.15, 0.2) is 47.7 Å². The molecule has 0 aliphatic carbocycles. The van der Waals surface area contributed by atoms with Crippen molar-refractivity contribution >= 4 is 52.1 Å². The summed E-state index contributed by atoms with van der Waals surface area (Å²) in [5.41, 5.74) is 4.94. The smallest absolute Gasteiger partial charge is 0.255 e. The van der Waals surface area contributed by atoms with Gasteiger partial charge in [0.25, 0.3) is 5.91 Å². The van der Waals surface area contributed by atoms with E-state index in [1.165, 1.54) is 5.56 Å². The van der Waals surface area contributed by atoms with Crippen LogP contribution in [0.2, 0.25) is 10.0 Å². The molecule has 0 saturated heterocycles. The molecule has 7 heteroatoms. The first-order valence-electron chi connectivity index (χ1n) is 8.38. The molecule has 0 bridgehead atoms. The lowest BCUT2D eigenvalue weighted by molar-refractivity contribution is -0.113. The van der Waals surface area contributed by atoms with Gasteiger partial charge in [0.1, 0.15) is 0 Å². The monoisotopic (exact) mass is 419 g/mol. The van der Waals surface area contributed by atoms with Crippen LogP contribution < -0.4 is 16.0 Å². The molecule has 0 unspecified atom stereocenters. The number of nitrogens with one attached hydrogen (secondary N) is 3. The second-order valence-electron chi connectivity index (χ2n) is 6.49. The van der Waals surface area contributed by atoms with E-state index in [0.717, 1.165) is 16.8 Å². The average molecular weight is 420 g/mol. The molecular formula is C20H19Cl2N3OS. The number of hydrogen-bond acceptors (Lipinski definition) is 2. The molecule has 3 N–H and O–H groups in total. The maximum atomic E-state index is 13.1. The number of benzene rings is 2. The van der Waals surface area contributed by atoms with Crippen LogP contribution in [0, 0.1) is 13.8 Å². The van der Waals surface area contributed by atoms with Gasteiger partial charge in [0.15, 0.2) is 5.11 Å². The molecule has 0 aromatic heterocycles. The molecule has 140 valence electrons. The predicted octanol–water partition coefficient (Wildman–Crippen LogP) is 5.04. The molecule has 2 aromatic rings. The zero-order valence-electron chi connectivity index (χ0n) is 15.1. The summed E-state index contributed by atoms with van der Waals surface area (Å²) in [6.45, 7) is 5.86. The van der Waals surface area contributed by atoms with Crippen molar-refractivity contribution in [2.45, 2.75) is 26.8 Å². The minimum atomic E-state index is -0.477. The van der Waals surface area contributed by atoms with Crippen molar-refractivity contribution in [2.24, 2.45) is 0 Å². The Labute approximate surface area is 173 Å². The van der Waals surface area contributed by atoms with Crippen LogP contribution in [0.25, 0.3) is 0 Å². The van der Waals surface area contributed by atoms with E-state index in [0.29, 0.717) is 26.4 Å². The molecule has 3 rings (SSSR count). The van der Waals surface area contributed by atoms with Gasteiger partial charge >= 0.3 is 0 Å². The van der Waals surface area contributed by atoms with Gasteiger partial charge in [-0.2, -0.15) is 0 Å². The van der Waals surface area contributed by atoms with Crippen molar-refractivity contribution in [3.05, 3.63) is 74.4 Å². The van der Waals surface area contributed by atoms with E-state index in [2.05, 4.69) is 16.0 Å². The van der Waals surface area contributed by atoms with Crippen molar-refractivity contribution in [3.63, 3.8) is 0 Å². The Bertz CT molecular complexity index is 972. The molecule has 1 amide bonds. The molecule has 4 nitrogen and oxygen atoms in total. The normalized spacial score (nSPS) is 16.6. The molecule has 0 saturated carbocycles. The summed E-state index contributed by atoms with van der Waals surface area (Å²) in [5.74, 6) is -0.228. The fourth-order valence-corrected chi connectivity index (χ4v) is 3.77. The number of aryl methyl sites for hydroxylation is 2. The molecule has 2 aromatic carbocycles. The molecule has 27 heavy (non-hydrogen) atoms. The van der Waals surface area contributed by atoms with Gasteiger partial charge < -0.3 is 16.0 Å². The van der Waals surface area contributed by atoms with Crippen LogP contribution >= 0.6 is 35.4 Å². The summed E-state index contributed by atoms with van der Waals surface area (Å²) in [6, 6.07) is 10.5. The van der Waals surface area contributed by atoms with Crippen LogP contribution in [0.1, 0.15) is 29.7 Å². The second kappa shape index (κ2) is 7.89. The highest BCUT2D eigenvalue weighted by atomic mass is 35.5. The molecule has 1 aliphatic heterocycles. The summed E-state index contributed by atoms with van der Waals surface area (Å²) in [5, 5.41) is 10.6. The highest BCUT2D eigenvalue weighted by Crippen LogP contribution is 2.33. The van der Waals surface area contributed by atoms with Gasteiger partial charge in [-0.3, -0.25) is 4.79 Å². The number of hydrogen-bond donors (Lipinski definition) is 3. The van der Waals surface area contributed by atoms with Crippen LogP contribution in [-0.4, -0.2) is 11.0 Å². The maximum Gasteiger partial charge on any atom is 0.255 e. The average Bonchev–Trinajstić information content (AvgIpc) is 2.57. The van der Waals surface area contributed by atoms with E-state index in [1.807, 2.05) is 39.0 Å². The maximum absolute atomic E-state index is 13.1. The first-order chi connectivity index (χ1) is 12.8. The van der Waals surface area contributed by atoms with E-state index in [9.17, 15) is 4.79 Å². The number of thiocarbonyl (C=S) groups is 1. The second-order valence-corrected chi connectivity index (χ2v) is 7.74. The van der Waals surface area contributed by atoms with Gasteiger partial charge in [-0.25, -0.2) is 0 Å². The lowest BCUT2D eigenvalue weighted by Crippen LogP contribution is -2.45. The zero-order chi connectivity index (χ0) is 19.7. The van der Waals surface area contributed by atoms with E-state index in [4.69, 9.17) is 35.4 Å². The number of anilines is 1. The number of carbonyl (C=O) groups excluding carboxylic acids is 1. The van der Waals surface area contributed by atoms with Crippen LogP contribution in [0.3, 0.4) is 0 Å². The Morgan fingerprint density at radius 3 is 2.48 bits per heavy atom. The van der Waals surface area contributed by atoms with Gasteiger partial charge in [0.2, 0.25) is 0 Å². The van der Waals surface area contributed by atoms with Crippen LogP contribution in [0.4, 0.5) is 5.69 Å². The Balaban J connectivity index is 1.98. The molecule has 1 aliphatic rings. The Morgan fingerprint density at radius 2 is 1.81 bits per heavy atom. The van der Waals surface area contributed by atoms with Crippen molar-refractivity contribution in [3.8, 4) is 0 Å². The van der Waals surface area contributed by atoms with Gasteiger partial charge in [0.05, 0.1) is 11.6 Å². The Kier molecular flexibility index (Phi) is 5.75. The van der Waals surface area contributed by atoms with E-state index in [1.54, 1.807) is 18.2 Å². The number of allylic oxidation sites excluding steroid dienone is 1. The molecule has 0 radical (unpaired) electrons. The molecule has 0 spiro atoms. The highest BCUT2D eigenvalue weighted by molar-refractivity contribution is 7.80. The fraction of sp³-hybridized carbons (Fsp3) is 0.200. The summed E-state index contributed by atoms with van der Waals surface area (Å²) >= 11 is 17.7. The third-order valence-electron chi connectivity index (χ3n) is 4.55. The molecule has 1 atom stereocenters. The lowest BCUT2D eigenvalue weighted by atomic mass is 9.94. The van der Waals surface area contributed by atoms with E-state index >= 15 is 0 Å². The highest BCUT2D eigenvalue weighted by Gasteiger charge is 2.31. The van der Waals surface area contributed by atoms with Crippen molar-refractivity contribution in [2.75, 3.05) is 5.32 Å². The minimum Gasteiger partial charge on any atom is -0.351 e. The minimum absolute atomic E-state index is 0.228. The molecule has 1 heterocycles. The Morgan fingerprint density at radius 1 is 1.07 bits per heavy atom. The quantitative estimate of drug-likeness (QED) is 0.609. The predicted molar refractivity (Wildman–Crippen MR) is 115 cm³/mol. The number of amides is 1. The van der Waals surface area contributed by atoms with E-state index in [-0.39, 0.29) is 5.91 Å². The number of rotatable bonds is 3. The largest absolute Gasteiger partial charge is 0.351 e. The van der Waals surface area contributed by atoms with Gasteiger partial charge in [-0.1, -0.05) is 35.3 Å². The summed E-state index contributed by atoms with van der Waals surface area (Å²) in [7, 11) is 0. The van der Waals surface area contributed by atoms with Crippen LogP contribution in [0.5, 0.6) is 0 Å². The van der Waals surface area contributed by atoms with Crippen LogP contribution in [-0.2, 0) is 4.79 Å². The summed E-state index contributed by atoms with van der Waals surface area (Å²) < 4.78 is 0. The van der Waals surface area contributed by atoms with Crippen molar-refractivity contribution in [1.82, 2.24) is 10.6 Å². The van der Waals surface area contributed by atoms with Gasteiger partial charge in [0, 0.05) is 21.4 Å². The molecular weight excluding hydrogens is 401 g/mol. The standard InChI is InChI=1S/C20H19Cl2N3OS/c1-10-4-6-14(8-11(10)2)24-19(26)17-12(3)23-20(27)25-18(17)15-7-5-13(21)9-16(15)22/h4-9,18H,1-3H3,(H,24,26)(H2,23,25,27)/t18-/m0/s1. The van der Waals surface area contributed by atoms with Crippen molar-refractivity contribution < 1.29 is 4.79 Å². The Hall–Kier alpha value is -2.08. The molecule has 0 fully saturated rings. The summed E-state index contributed by atoms with van der Waals surface area (Å²) in [6.07, 6.45) is 0. The SMILES string of the molecule is CC1=C(C(=O)Nc2ccc(C)c(C)c2)[C@H](c2ccc(Cl)cc2Cl)NC(=S)N1. The zero-order valence-corrected chi connectivity index (χ0v) is 17.4. The number of carbonyl (C=O) groups is 1. The first-order valence-corrected chi connectivity index (χ1v) is 9.54. The van der Waals surface area contributed by atoms with Gasteiger partial charge in [-0.15, -0.1) is 0 Å². The van der Waals surface area contributed by atoms with Gasteiger partial charge in [-0.05, 0) is 73.9 Å². The summed E-state index contributed by atoms with van der Waals surface area (Å²) in [4.78, 5) is 13.1. The van der Waals surface area contributed by atoms with E-state index < -0.39 is 6.04 Å². The topological polar surface area (TPSA) is 53.2 Å². The number of halogens is 2. The van der Waals surface area contributed by atoms with Crippen molar-refractivity contribution in [1.29, 1.82) is 0 Å². The first kappa shape index (κ1) is 19.7. The lowest BCUT2D eigenvalue weighted by Gasteiger charge is -2.31.